The summed E-state index contributed by atoms with van der Waals surface area (Å²) in [6, 6.07) is 22.4. The third-order valence-electron chi connectivity index (χ3n) is 6.27. The van der Waals surface area contributed by atoms with Crippen molar-refractivity contribution < 1.29 is 19.1 Å². The van der Waals surface area contributed by atoms with Crippen LogP contribution < -0.4 is 10.6 Å². The van der Waals surface area contributed by atoms with Crippen LogP contribution in [-0.4, -0.2) is 47.6 Å². The van der Waals surface area contributed by atoms with Crippen molar-refractivity contribution in [3.05, 3.63) is 83.9 Å². The Bertz CT molecular complexity index is 1200. The number of nitrogens with one attached hydrogen (secondary N) is 2. The lowest BCUT2D eigenvalue weighted by Crippen LogP contribution is -2.60. The average molecular weight is 477 g/mol. The third-order valence-corrected chi connectivity index (χ3v) is 7.38. The Kier molecular flexibility index (Phi) is 7.34. The molecule has 1 heterocycles. The standard InChI is InChI=1S/C27H28N2O4S/c1-18-27(2,24(30)15-33-18)29-26(32)23(17-34-16-19-8-4-3-5-9-19)28-25(31)22-13-12-20-10-6-7-11-21(20)14-22/h3-14,18,23H,15-17H2,1-2H3,(H,28,31)(H,29,32). The van der Waals surface area contributed by atoms with E-state index in [0.29, 0.717) is 17.1 Å². The summed E-state index contributed by atoms with van der Waals surface area (Å²) >= 11 is 1.55. The van der Waals surface area contributed by atoms with Crippen LogP contribution in [0.15, 0.2) is 72.8 Å². The van der Waals surface area contributed by atoms with Gasteiger partial charge in [0.2, 0.25) is 5.91 Å². The molecule has 34 heavy (non-hydrogen) atoms. The number of fused-ring (bicyclic) bond motifs is 1. The van der Waals surface area contributed by atoms with E-state index < -0.39 is 23.6 Å². The van der Waals surface area contributed by atoms with Crippen LogP contribution >= 0.6 is 11.8 Å². The molecule has 6 nitrogen and oxygen atoms in total. The van der Waals surface area contributed by atoms with Crippen molar-refractivity contribution in [3.8, 4) is 0 Å². The van der Waals surface area contributed by atoms with Gasteiger partial charge in [-0.2, -0.15) is 11.8 Å². The van der Waals surface area contributed by atoms with Gasteiger partial charge in [0, 0.05) is 17.1 Å². The summed E-state index contributed by atoms with van der Waals surface area (Å²) in [6.45, 7) is 3.40. The fourth-order valence-electron chi connectivity index (χ4n) is 3.88. The number of hydrogen-bond acceptors (Lipinski definition) is 5. The van der Waals surface area contributed by atoms with E-state index in [0.717, 1.165) is 16.3 Å². The van der Waals surface area contributed by atoms with Gasteiger partial charge < -0.3 is 15.4 Å². The first-order chi connectivity index (χ1) is 16.4. The molecule has 3 unspecified atom stereocenters. The minimum absolute atomic E-state index is 0.0329. The molecule has 0 spiro atoms. The Hall–Kier alpha value is -3.16. The molecular formula is C27H28N2O4S. The lowest BCUT2D eigenvalue weighted by molar-refractivity contribution is -0.130. The molecule has 0 bridgehead atoms. The average Bonchev–Trinajstić information content (AvgIpc) is 3.10. The minimum atomic E-state index is -1.12. The Morgan fingerprint density at radius 3 is 2.47 bits per heavy atom. The molecule has 0 saturated carbocycles. The molecule has 1 saturated heterocycles. The van der Waals surface area contributed by atoms with E-state index in [1.54, 1.807) is 31.7 Å². The van der Waals surface area contributed by atoms with E-state index in [1.165, 1.54) is 0 Å². The molecule has 0 aliphatic carbocycles. The second kappa shape index (κ2) is 10.4. The lowest BCUT2D eigenvalue weighted by atomic mass is 9.93. The van der Waals surface area contributed by atoms with E-state index in [1.807, 2.05) is 66.7 Å². The molecule has 4 rings (SSSR count). The van der Waals surface area contributed by atoms with Gasteiger partial charge in [0.15, 0.2) is 5.78 Å². The number of ether oxygens (including phenoxy) is 1. The smallest absolute Gasteiger partial charge is 0.251 e. The monoisotopic (exact) mass is 476 g/mol. The van der Waals surface area contributed by atoms with Crippen LogP contribution in [0.25, 0.3) is 10.8 Å². The molecule has 3 atom stereocenters. The molecule has 2 N–H and O–H groups in total. The van der Waals surface area contributed by atoms with Crippen LogP contribution in [0, 0.1) is 0 Å². The maximum atomic E-state index is 13.3. The SMILES string of the molecule is CC1OCC(=O)C1(C)NC(=O)C(CSCc1ccccc1)NC(=O)c1ccc2ccccc2c1. The Morgan fingerprint density at radius 2 is 1.76 bits per heavy atom. The minimum Gasteiger partial charge on any atom is -0.368 e. The third kappa shape index (κ3) is 5.32. The first-order valence-electron chi connectivity index (χ1n) is 11.2. The highest BCUT2D eigenvalue weighted by Gasteiger charge is 2.47. The molecule has 3 aromatic carbocycles. The highest BCUT2D eigenvalue weighted by molar-refractivity contribution is 7.98. The van der Waals surface area contributed by atoms with E-state index in [4.69, 9.17) is 4.74 Å². The number of carbonyl (C=O) groups is 3. The summed E-state index contributed by atoms with van der Waals surface area (Å²) in [6.07, 6.45) is -0.447. The number of rotatable bonds is 8. The van der Waals surface area contributed by atoms with Crippen LogP contribution in [0.4, 0.5) is 0 Å². The number of benzene rings is 3. The van der Waals surface area contributed by atoms with Crippen molar-refractivity contribution in [2.45, 2.75) is 37.3 Å². The van der Waals surface area contributed by atoms with Gasteiger partial charge in [-0.05, 0) is 42.3 Å². The molecule has 1 fully saturated rings. The van der Waals surface area contributed by atoms with Crippen LogP contribution in [0.3, 0.4) is 0 Å². The fourth-order valence-corrected chi connectivity index (χ4v) is 4.90. The van der Waals surface area contributed by atoms with Gasteiger partial charge in [-0.3, -0.25) is 14.4 Å². The van der Waals surface area contributed by atoms with Gasteiger partial charge in [0.1, 0.15) is 18.2 Å². The number of thioether (sulfide) groups is 1. The topological polar surface area (TPSA) is 84.5 Å². The van der Waals surface area contributed by atoms with E-state index in [9.17, 15) is 14.4 Å². The molecule has 7 heteroatoms. The van der Waals surface area contributed by atoms with Crippen molar-refractivity contribution >= 4 is 40.1 Å². The molecule has 176 valence electrons. The fraction of sp³-hybridized carbons (Fsp3) is 0.296. The number of ketones is 1. The second-order valence-electron chi connectivity index (χ2n) is 8.66. The Morgan fingerprint density at radius 1 is 1.06 bits per heavy atom. The van der Waals surface area contributed by atoms with Crippen molar-refractivity contribution in [3.63, 3.8) is 0 Å². The van der Waals surface area contributed by atoms with Gasteiger partial charge in [-0.15, -0.1) is 0 Å². The Labute approximate surface area is 203 Å². The number of carbonyl (C=O) groups excluding carboxylic acids is 3. The first kappa shape index (κ1) is 24.0. The van der Waals surface area contributed by atoms with Gasteiger partial charge in [0.05, 0.1) is 6.10 Å². The van der Waals surface area contributed by atoms with Crippen LogP contribution in [0.2, 0.25) is 0 Å². The quantitative estimate of drug-likeness (QED) is 0.518. The maximum Gasteiger partial charge on any atom is 0.251 e. The van der Waals surface area contributed by atoms with Crippen molar-refractivity contribution in [2.75, 3.05) is 12.4 Å². The molecule has 1 aliphatic heterocycles. The maximum absolute atomic E-state index is 13.3. The normalized spacial score (nSPS) is 20.8. The molecule has 0 radical (unpaired) electrons. The summed E-state index contributed by atoms with van der Waals surface area (Å²) in [5.74, 6) is 0.150. The predicted octanol–water partition coefficient (Wildman–Crippen LogP) is 3.73. The highest BCUT2D eigenvalue weighted by Crippen LogP contribution is 2.23. The zero-order chi connectivity index (χ0) is 24.1. The van der Waals surface area contributed by atoms with Gasteiger partial charge in [0.25, 0.3) is 5.91 Å². The molecule has 1 aliphatic rings. The molecule has 2 amide bonds. The Balaban J connectivity index is 1.50. The number of amides is 2. The summed E-state index contributed by atoms with van der Waals surface area (Å²) < 4.78 is 5.43. The van der Waals surface area contributed by atoms with E-state index in [2.05, 4.69) is 10.6 Å². The van der Waals surface area contributed by atoms with Crippen molar-refractivity contribution in [1.29, 1.82) is 0 Å². The largest absolute Gasteiger partial charge is 0.368 e. The zero-order valence-electron chi connectivity index (χ0n) is 19.2. The van der Waals surface area contributed by atoms with Crippen molar-refractivity contribution in [1.82, 2.24) is 10.6 Å². The van der Waals surface area contributed by atoms with E-state index >= 15 is 0 Å². The van der Waals surface area contributed by atoms with Crippen LogP contribution in [0.1, 0.15) is 29.8 Å². The molecule has 3 aromatic rings. The molecule has 0 aromatic heterocycles. The lowest BCUT2D eigenvalue weighted by Gasteiger charge is -2.29. The summed E-state index contributed by atoms with van der Waals surface area (Å²) in [4.78, 5) is 38.8. The first-order valence-corrected chi connectivity index (χ1v) is 12.4. The zero-order valence-corrected chi connectivity index (χ0v) is 20.1. The van der Waals surface area contributed by atoms with Gasteiger partial charge in [-0.25, -0.2) is 0 Å². The number of Topliss-reactive ketones (excluding diaryl/α,β-unsaturated/α-hetero) is 1. The predicted molar refractivity (Wildman–Crippen MR) is 135 cm³/mol. The van der Waals surface area contributed by atoms with Crippen LogP contribution in [-0.2, 0) is 20.1 Å². The van der Waals surface area contributed by atoms with Crippen LogP contribution in [0.5, 0.6) is 0 Å². The summed E-state index contributed by atoms with van der Waals surface area (Å²) in [5.41, 5.74) is 0.490. The summed E-state index contributed by atoms with van der Waals surface area (Å²) in [7, 11) is 0. The highest BCUT2D eigenvalue weighted by atomic mass is 32.2. The number of hydrogen-bond donors (Lipinski definition) is 2. The van der Waals surface area contributed by atoms with Gasteiger partial charge >= 0.3 is 0 Å². The van der Waals surface area contributed by atoms with Gasteiger partial charge in [-0.1, -0.05) is 60.7 Å². The van der Waals surface area contributed by atoms with Crippen molar-refractivity contribution in [2.24, 2.45) is 0 Å². The van der Waals surface area contributed by atoms with E-state index in [-0.39, 0.29) is 18.3 Å². The molecular weight excluding hydrogens is 448 g/mol. The second-order valence-corrected chi connectivity index (χ2v) is 9.69. The summed E-state index contributed by atoms with van der Waals surface area (Å²) in [5, 5.41) is 7.71.